The van der Waals surface area contributed by atoms with Crippen LogP contribution >= 0.6 is 0 Å². The Kier molecular flexibility index (Phi) is 38.9. The fourth-order valence-electron chi connectivity index (χ4n) is 4.43. The Balaban J connectivity index is -0.000000174. The smallest absolute Gasteiger partial charge is 0.303 e. The zero-order valence-electron chi connectivity index (χ0n) is 34.0. The summed E-state index contributed by atoms with van der Waals surface area (Å²) in [7, 11) is 0. The van der Waals surface area contributed by atoms with Gasteiger partial charge in [0, 0.05) is 67.0 Å². The van der Waals surface area contributed by atoms with Crippen molar-refractivity contribution < 1.29 is 81.4 Å². The average molecular weight is 828 g/mol. The molecule has 0 aliphatic rings. The summed E-state index contributed by atoms with van der Waals surface area (Å²) < 4.78 is 0. The summed E-state index contributed by atoms with van der Waals surface area (Å²) in [4.78, 5) is 40.5. The predicted molar refractivity (Wildman–Crippen MR) is 198 cm³/mol. The maximum absolute atomic E-state index is 10.2. The van der Waals surface area contributed by atoms with Gasteiger partial charge in [0.2, 0.25) is 0 Å². The van der Waals surface area contributed by atoms with E-state index in [9.17, 15) is 24.3 Å². The first kappa shape index (κ1) is 57.6. The fourth-order valence-corrected chi connectivity index (χ4v) is 4.43. The standard InChI is InChI=1S/4C10H20O2.Ce/c4*1-10(2,3)8-6-4-5-7-9(11)12;/h4*4-8H2,1-3H3,(H,11,12);/p-1. The van der Waals surface area contributed by atoms with Gasteiger partial charge in [-0.15, -0.1) is 0 Å². The minimum absolute atomic E-state index is 0. The molecule has 0 aromatic carbocycles. The van der Waals surface area contributed by atoms with Crippen LogP contribution in [0.4, 0.5) is 0 Å². The van der Waals surface area contributed by atoms with Crippen LogP contribution in [0.25, 0.3) is 0 Å². The first-order valence-electron chi connectivity index (χ1n) is 18.5. The molecule has 49 heavy (non-hydrogen) atoms. The topological polar surface area (TPSA) is 152 Å². The number of carbonyl (C=O) groups is 4. The first-order valence-corrected chi connectivity index (χ1v) is 18.5. The second-order valence-corrected chi connectivity index (χ2v) is 18.0. The first-order chi connectivity index (χ1) is 21.7. The van der Waals surface area contributed by atoms with Crippen LogP contribution in [-0.4, -0.2) is 39.2 Å². The van der Waals surface area contributed by atoms with E-state index in [2.05, 4.69) is 83.1 Å². The van der Waals surface area contributed by atoms with Crippen LogP contribution in [0.2, 0.25) is 0 Å². The molecule has 0 aromatic heterocycles. The zero-order valence-corrected chi connectivity index (χ0v) is 37.2. The molecule has 0 radical (unpaired) electrons. The van der Waals surface area contributed by atoms with Crippen molar-refractivity contribution >= 4 is 23.9 Å². The third kappa shape index (κ3) is 77.9. The maximum atomic E-state index is 10.2. The Bertz CT molecular complexity index is 676. The minimum Gasteiger partial charge on any atom is -0.550 e. The number of unbranched alkanes of at least 4 members (excludes halogenated alkanes) is 8. The molecule has 0 fully saturated rings. The van der Waals surface area contributed by atoms with Gasteiger partial charge < -0.3 is 25.2 Å². The fraction of sp³-hybridized carbons (Fsp3) is 0.900. The number of rotatable bonds is 20. The van der Waals surface area contributed by atoms with Gasteiger partial charge >= 0.3 is 17.9 Å². The summed E-state index contributed by atoms with van der Waals surface area (Å²) >= 11 is 0. The molecule has 292 valence electrons. The van der Waals surface area contributed by atoms with Crippen molar-refractivity contribution in [1.29, 1.82) is 0 Å². The molecule has 8 nitrogen and oxygen atoms in total. The van der Waals surface area contributed by atoms with Gasteiger partial charge in [-0.2, -0.15) is 0 Å². The molecule has 9 heteroatoms. The third-order valence-corrected chi connectivity index (χ3v) is 7.26. The monoisotopic (exact) mass is 827 g/mol. The van der Waals surface area contributed by atoms with E-state index in [4.69, 9.17) is 15.3 Å². The van der Waals surface area contributed by atoms with Crippen molar-refractivity contribution in [2.45, 2.75) is 212 Å². The largest absolute Gasteiger partial charge is 0.550 e. The van der Waals surface area contributed by atoms with Crippen molar-refractivity contribution in [2.75, 3.05) is 0 Å². The van der Waals surface area contributed by atoms with Gasteiger partial charge in [0.15, 0.2) is 0 Å². The van der Waals surface area contributed by atoms with E-state index >= 15 is 0 Å². The Morgan fingerprint density at radius 3 is 0.694 bits per heavy atom. The summed E-state index contributed by atoms with van der Waals surface area (Å²) in [5, 5.41) is 35.2. The van der Waals surface area contributed by atoms with Crippen LogP contribution in [-0.2, 0) is 19.2 Å². The van der Waals surface area contributed by atoms with Crippen molar-refractivity contribution in [3.8, 4) is 0 Å². The Morgan fingerprint density at radius 1 is 0.367 bits per heavy atom. The molecule has 0 amide bonds. The molecule has 0 aliphatic heterocycles. The third-order valence-electron chi connectivity index (χ3n) is 7.26. The molecule has 0 aliphatic carbocycles. The number of carboxylic acid groups (broad SMARTS) is 4. The molecular formula is C40H79CeO8-. The van der Waals surface area contributed by atoms with Crippen LogP contribution in [0.5, 0.6) is 0 Å². The minimum atomic E-state index is -0.925. The van der Waals surface area contributed by atoms with E-state index < -0.39 is 23.9 Å². The van der Waals surface area contributed by atoms with E-state index in [0.29, 0.717) is 40.9 Å². The van der Waals surface area contributed by atoms with Gasteiger partial charge in [-0.3, -0.25) is 14.4 Å². The molecule has 0 unspecified atom stereocenters. The van der Waals surface area contributed by atoms with E-state index in [0.717, 1.165) is 77.0 Å². The van der Waals surface area contributed by atoms with E-state index in [1.54, 1.807) is 0 Å². The van der Waals surface area contributed by atoms with Crippen molar-refractivity contribution in [3.05, 3.63) is 0 Å². The molecule has 0 spiro atoms. The van der Waals surface area contributed by atoms with Crippen LogP contribution in [0.1, 0.15) is 212 Å². The number of carbonyl (C=O) groups excluding carboxylic acids is 1. The maximum Gasteiger partial charge on any atom is 0.303 e. The number of hydrogen-bond acceptors (Lipinski definition) is 5. The Hall–Kier alpha value is -0.743. The summed E-state index contributed by atoms with van der Waals surface area (Å²) in [5.74, 6) is -2.95. The Morgan fingerprint density at radius 2 is 0.551 bits per heavy atom. The molecule has 0 aromatic rings. The number of aliphatic carboxylic acids is 4. The molecule has 3 N–H and O–H groups in total. The predicted octanol–water partition coefficient (Wildman–Crippen LogP) is 10.9. The van der Waals surface area contributed by atoms with Gasteiger partial charge in [-0.25, -0.2) is 0 Å². The molecule has 0 heterocycles. The number of carboxylic acids is 4. The summed E-state index contributed by atoms with van der Waals surface area (Å²) in [6, 6.07) is 0. The van der Waals surface area contributed by atoms with Crippen LogP contribution in [0.3, 0.4) is 0 Å². The Labute approximate surface area is 336 Å². The molecule has 0 saturated carbocycles. The zero-order chi connectivity index (χ0) is 38.5. The average Bonchev–Trinajstić information content (AvgIpc) is 2.85. The summed E-state index contributed by atoms with van der Waals surface area (Å²) in [6.45, 7) is 26.5. The normalized spacial score (nSPS) is 11.3. The van der Waals surface area contributed by atoms with Crippen LogP contribution in [0, 0.1) is 63.4 Å². The summed E-state index contributed by atoms with van der Waals surface area (Å²) in [5.41, 5.74) is 1.55. The van der Waals surface area contributed by atoms with Gasteiger partial charge in [-0.1, -0.05) is 134 Å². The van der Waals surface area contributed by atoms with Gasteiger partial charge in [-0.05, 0) is 79.4 Å². The SMILES string of the molecule is CC(C)(C)CCCCCC(=O)O.CC(C)(C)CCCCCC(=O)O.CC(C)(C)CCCCCC(=O)O.CC(C)(C)CCCCCC(=O)[O-].[Ce]. The second kappa shape index (κ2) is 33.1. The quantitative estimate of drug-likeness (QED) is 0.103. The van der Waals surface area contributed by atoms with Crippen LogP contribution < -0.4 is 5.11 Å². The second-order valence-electron chi connectivity index (χ2n) is 18.0. The van der Waals surface area contributed by atoms with Gasteiger partial charge in [0.05, 0.1) is 0 Å². The van der Waals surface area contributed by atoms with E-state index in [1.807, 2.05) is 0 Å². The molecule has 0 rings (SSSR count). The van der Waals surface area contributed by atoms with E-state index in [-0.39, 0.29) is 48.2 Å². The van der Waals surface area contributed by atoms with Crippen molar-refractivity contribution in [2.24, 2.45) is 21.7 Å². The van der Waals surface area contributed by atoms with Crippen LogP contribution in [0.15, 0.2) is 0 Å². The molecule has 0 saturated heterocycles. The van der Waals surface area contributed by atoms with Gasteiger partial charge in [0.25, 0.3) is 0 Å². The van der Waals surface area contributed by atoms with E-state index in [1.165, 1.54) is 25.7 Å². The summed E-state index contributed by atoms with van der Waals surface area (Å²) in [6.07, 6.45) is 17.9. The number of hydrogen-bond donors (Lipinski definition) is 3. The molecule has 0 bridgehead atoms. The molecular weight excluding hydrogens is 749 g/mol. The van der Waals surface area contributed by atoms with Crippen molar-refractivity contribution in [1.82, 2.24) is 0 Å². The van der Waals surface area contributed by atoms with Gasteiger partial charge in [0.1, 0.15) is 0 Å². The molecule has 0 atom stereocenters. The van der Waals surface area contributed by atoms with Crippen molar-refractivity contribution in [3.63, 3.8) is 0 Å².